The van der Waals surface area contributed by atoms with E-state index in [4.69, 9.17) is 4.42 Å². The number of carbonyl (C=O) groups excluding carboxylic acids is 1. The average molecular weight is 429 g/mol. The number of hydrogen-bond acceptors (Lipinski definition) is 5. The summed E-state index contributed by atoms with van der Waals surface area (Å²) in [7, 11) is 0. The van der Waals surface area contributed by atoms with E-state index in [1.165, 1.54) is 0 Å². The van der Waals surface area contributed by atoms with Gasteiger partial charge in [0.1, 0.15) is 5.76 Å². The first-order valence-electron chi connectivity index (χ1n) is 7.09. The van der Waals surface area contributed by atoms with Crippen molar-refractivity contribution >= 4 is 51.0 Å². The van der Waals surface area contributed by atoms with Crippen LogP contribution in [0.4, 0.5) is 5.13 Å². The van der Waals surface area contributed by atoms with Gasteiger partial charge in [-0.25, -0.2) is 4.98 Å². The van der Waals surface area contributed by atoms with E-state index in [-0.39, 0.29) is 5.91 Å². The molecule has 0 aromatic carbocycles. The van der Waals surface area contributed by atoms with E-state index >= 15 is 0 Å². The summed E-state index contributed by atoms with van der Waals surface area (Å²) in [5, 5.41) is 3.02. The number of furan rings is 1. The van der Waals surface area contributed by atoms with E-state index < -0.39 is 0 Å². The summed E-state index contributed by atoms with van der Waals surface area (Å²) in [5.41, 5.74) is 0. The highest BCUT2D eigenvalue weighted by Crippen LogP contribution is 2.19. The molecule has 0 bridgehead atoms. The molecule has 1 saturated heterocycles. The minimum absolute atomic E-state index is 0.0346. The Bertz CT molecular complexity index is 654. The largest absolute Gasteiger partial charge is 0.451 e. The maximum atomic E-state index is 12.3. The molecule has 0 atom stereocenters. The Balaban J connectivity index is 1.58. The summed E-state index contributed by atoms with van der Waals surface area (Å²) in [6.07, 6.45) is 6.10. The van der Waals surface area contributed by atoms with Crippen molar-refractivity contribution < 1.29 is 9.21 Å². The smallest absolute Gasteiger partial charge is 0.246 e. The summed E-state index contributed by atoms with van der Waals surface area (Å²) < 4.78 is 6.24. The maximum absolute atomic E-state index is 12.3. The van der Waals surface area contributed by atoms with Crippen LogP contribution in [0.15, 0.2) is 34.2 Å². The molecule has 1 aliphatic heterocycles. The van der Waals surface area contributed by atoms with Crippen LogP contribution in [0.5, 0.6) is 0 Å². The van der Waals surface area contributed by atoms with Gasteiger partial charge < -0.3 is 14.2 Å². The maximum Gasteiger partial charge on any atom is 0.246 e. The minimum atomic E-state index is 0.0346. The van der Waals surface area contributed by atoms with E-state index in [9.17, 15) is 4.79 Å². The first kappa shape index (κ1) is 15.5. The molecular weight excluding hydrogens is 413 g/mol. The standard InChI is InChI=1S/C15H16IN3O2S/c16-13-4-2-12(21-13)3-5-14(20)18-7-1-8-19(10-9-18)15-17-6-11-22-15/h2-6,11H,1,7-10H2/b5-3+. The van der Waals surface area contributed by atoms with Crippen LogP contribution in [-0.4, -0.2) is 42.0 Å². The van der Waals surface area contributed by atoms with Crippen LogP contribution in [0.2, 0.25) is 0 Å². The molecular formula is C15H16IN3O2S. The fourth-order valence-electron chi connectivity index (χ4n) is 2.38. The van der Waals surface area contributed by atoms with E-state index in [0.29, 0.717) is 5.76 Å². The lowest BCUT2D eigenvalue weighted by Crippen LogP contribution is -2.34. The number of aromatic nitrogens is 1. The van der Waals surface area contributed by atoms with Crippen LogP contribution in [0.25, 0.3) is 6.08 Å². The van der Waals surface area contributed by atoms with Crippen LogP contribution in [0.1, 0.15) is 12.2 Å². The molecule has 1 aliphatic rings. The van der Waals surface area contributed by atoms with Crippen molar-refractivity contribution in [1.82, 2.24) is 9.88 Å². The molecule has 0 unspecified atom stereocenters. The zero-order valence-corrected chi connectivity index (χ0v) is 14.9. The van der Waals surface area contributed by atoms with Crippen molar-refractivity contribution in [2.45, 2.75) is 6.42 Å². The van der Waals surface area contributed by atoms with Gasteiger partial charge in [0, 0.05) is 43.8 Å². The first-order chi connectivity index (χ1) is 10.7. The molecule has 0 aliphatic carbocycles. The van der Waals surface area contributed by atoms with Crippen molar-refractivity contribution in [3.8, 4) is 0 Å². The lowest BCUT2D eigenvalue weighted by Gasteiger charge is -2.20. The number of rotatable bonds is 3. The molecule has 0 spiro atoms. The van der Waals surface area contributed by atoms with Crippen LogP contribution >= 0.6 is 33.9 Å². The van der Waals surface area contributed by atoms with Gasteiger partial charge >= 0.3 is 0 Å². The van der Waals surface area contributed by atoms with Gasteiger partial charge in [0.05, 0.1) is 0 Å². The van der Waals surface area contributed by atoms with Gasteiger partial charge in [-0.05, 0) is 47.2 Å². The Labute approximate surface area is 146 Å². The van der Waals surface area contributed by atoms with Gasteiger partial charge in [-0.15, -0.1) is 11.3 Å². The second-order valence-electron chi connectivity index (χ2n) is 4.96. The third-order valence-corrected chi connectivity index (χ3v) is 4.89. The fraction of sp³-hybridized carbons (Fsp3) is 0.333. The highest BCUT2D eigenvalue weighted by atomic mass is 127. The summed E-state index contributed by atoms with van der Waals surface area (Å²) in [6.45, 7) is 3.27. The third-order valence-electron chi connectivity index (χ3n) is 3.48. The van der Waals surface area contributed by atoms with E-state index in [0.717, 1.165) is 41.5 Å². The zero-order chi connectivity index (χ0) is 15.4. The van der Waals surface area contributed by atoms with Gasteiger partial charge in [0.25, 0.3) is 0 Å². The Morgan fingerprint density at radius 1 is 1.32 bits per heavy atom. The molecule has 3 heterocycles. The number of amides is 1. The molecule has 2 aromatic rings. The molecule has 1 amide bonds. The lowest BCUT2D eigenvalue weighted by molar-refractivity contribution is -0.125. The molecule has 0 radical (unpaired) electrons. The SMILES string of the molecule is O=C(/C=C/c1ccc(I)o1)N1CCCN(c2nccs2)CC1. The summed E-state index contributed by atoms with van der Waals surface area (Å²) >= 11 is 3.75. The Morgan fingerprint density at radius 3 is 2.95 bits per heavy atom. The number of nitrogens with zero attached hydrogens (tertiary/aromatic N) is 3. The molecule has 5 nitrogen and oxygen atoms in total. The first-order valence-corrected chi connectivity index (χ1v) is 9.05. The lowest BCUT2D eigenvalue weighted by atomic mass is 10.3. The summed E-state index contributed by atoms with van der Waals surface area (Å²) in [4.78, 5) is 20.8. The Morgan fingerprint density at radius 2 is 2.23 bits per heavy atom. The van der Waals surface area contributed by atoms with Gasteiger partial charge in [0.2, 0.25) is 5.91 Å². The van der Waals surface area contributed by atoms with E-state index in [1.54, 1.807) is 23.5 Å². The number of halogens is 1. The highest BCUT2D eigenvalue weighted by molar-refractivity contribution is 14.1. The molecule has 1 fully saturated rings. The molecule has 3 rings (SSSR count). The predicted molar refractivity (Wildman–Crippen MR) is 96.0 cm³/mol. The Hall–Kier alpha value is -1.35. The van der Waals surface area contributed by atoms with Crippen molar-refractivity contribution in [2.75, 3.05) is 31.1 Å². The van der Waals surface area contributed by atoms with Crippen molar-refractivity contribution in [3.05, 3.63) is 39.3 Å². The number of anilines is 1. The molecule has 0 N–H and O–H groups in total. The molecule has 2 aromatic heterocycles. The Kier molecular flexibility index (Phi) is 5.14. The predicted octanol–water partition coefficient (Wildman–Crippen LogP) is 3.09. The molecule has 116 valence electrons. The monoisotopic (exact) mass is 429 g/mol. The van der Waals surface area contributed by atoms with Crippen LogP contribution in [0.3, 0.4) is 0 Å². The van der Waals surface area contributed by atoms with E-state index in [2.05, 4.69) is 32.5 Å². The van der Waals surface area contributed by atoms with Crippen LogP contribution < -0.4 is 4.90 Å². The number of hydrogen-bond donors (Lipinski definition) is 0. The zero-order valence-electron chi connectivity index (χ0n) is 11.9. The third kappa shape index (κ3) is 3.89. The summed E-state index contributed by atoms with van der Waals surface area (Å²) in [6, 6.07) is 3.74. The van der Waals surface area contributed by atoms with Crippen molar-refractivity contribution in [1.29, 1.82) is 0 Å². The van der Waals surface area contributed by atoms with Crippen molar-refractivity contribution in [2.24, 2.45) is 0 Å². The second-order valence-corrected chi connectivity index (χ2v) is 6.89. The minimum Gasteiger partial charge on any atom is -0.451 e. The quantitative estimate of drug-likeness (QED) is 0.556. The van der Waals surface area contributed by atoms with Crippen LogP contribution in [0, 0.1) is 3.77 Å². The fourth-order valence-corrected chi connectivity index (χ4v) is 3.51. The van der Waals surface area contributed by atoms with Gasteiger partial charge in [-0.3, -0.25) is 4.79 Å². The summed E-state index contributed by atoms with van der Waals surface area (Å²) in [5.74, 6) is 0.740. The molecule has 0 saturated carbocycles. The topological polar surface area (TPSA) is 49.6 Å². The van der Waals surface area contributed by atoms with Crippen molar-refractivity contribution in [3.63, 3.8) is 0 Å². The average Bonchev–Trinajstić information content (AvgIpc) is 3.12. The molecule has 22 heavy (non-hydrogen) atoms. The highest BCUT2D eigenvalue weighted by Gasteiger charge is 2.18. The van der Waals surface area contributed by atoms with Gasteiger partial charge in [-0.2, -0.15) is 0 Å². The molecule has 7 heteroatoms. The van der Waals surface area contributed by atoms with Crippen LogP contribution in [-0.2, 0) is 4.79 Å². The number of thiazole rings is 1. The number of carbonyl (C=O) groups is 1. The van der Waals surface area contributed by atoms with Gasteiger partial charge in [0.15, 0.2) is 8.90 Å². The second kappa shape index (κ2) is 7.28. The van der Waals surface area contributed by atoms with Gasteiger partial charge in [-0.1, -0.05) is 0 Å². The van der Waals surface area contributed by atoms with E-state index in [1.807, 2.05) is 28.6 Å². The normalized spacial score (nSPS) is 16.2.